The van der Waals surface area contributed by atoms with E-state index in [9.17, 15) is 0 Å². The highest BCUT2D eigenvalue weighted by Gasteiger charge is 2.16. The summed E-state index contributed by atoms with van der Waals surface area (Å²) < 4.78 is 0. The van der Waals surface area contributed by atoms with Crippen LogP contribution in [0.5, 0.6) is 0 Å². The summed E-state index contributed by atoms with van der Waals surface area (Å²) in [6.45, 7) is 5.10. The van der Waals surface area contributed by atoms with Crippen molar-refractivity contribution in [2.24, 2.45) is 0 Å². The maximum atomic E-state index is 5.67. The maximum Gasteiger partial charge on any atom is 0.147 e. The lowest BCUT2D eigenvalue weighted by Gasteiger charge is -2.32. The fourth-order valence-corrected chi connectivity index (χ4v) is 1.71. The van der Waals surface area contributed by atoms with Crippen molar-refractivity contribution in [3.05, 3.63) is 17.5 Å². The highest BCUT2D eigenvalue weighted by molar-refractivity contribution is 6.29. The van der Waals surface area contributed by atoms with E-state index in [4.69, 9.17) is 11.6 Å². The van der Waals surface area contributed by atoms with Crippen molar-refractivity contribution in [2.45, 2.75) is 13.0 Å². The second kappa shape index (κ2) is 4.11. The molecule has 1 aliphatic rings. The number of hydrogen-bond donors (Lipinski definition) is 1. The Bertz CT molecular complexity index is 300. The summed E-state index contributed by atoms with van der Waals surface area (Å²) in [7, 11) is 0. The van der Waals surface area contributed by atoms with Gasteiger partial charge in [-0.15, -0.1) is 0 Å². The Morgan fingerprint density at radius 3 is 3.00 bits per heavy atom. The van der Waals surface area contributed by atoms with Crippen LogP contribution in [-0.4, -0.2) is 35.6 Å². The zero-order chi connectivity index (χ0) is 9.97. The van der Waals surface area contributed by atoms with Crippen LogP contribution in [0.15, 0.2) is 12.4 Å². The second-order valence-electron chi connectivity index (χ2n) is 3.50. The topological polar surface area (TPSA) is 41.1 Å². The van der Waals surface area contributed by atoms with Crippen molar-refractivity contribution in [2.75, 3.05) is 24.5 Å². The molecule has 0 unspecified atom stereocenters. The summed E-state index contributed by atoms with van der Waals surface area (Å²) >= 11 is 5.67. The van der Waals surface area contributed by atoms with Crippen LogP contribution >= 0.6 is 11.6 Å². The first-order valence-corrected chi connectivity index (χ1v) is 5.09. The molecule has 0 bridgehead atoms. The molecule has 5 heteroatoms. The molecule has 1 fully saturated rings. The second-order valence-corrected chi connectivity index (χ2v) is 3.89. The predicted octanol–water partition coefficient (Wildman–Crippen LogP) is 0.928. The number of halogens is 1. The van der Waals surface area contributed by atoms with E-state index in [2.05, 4.69) is 27.1 Å². The van der Waals surface area contributed by atoms with Gasteiger partial charge in [0.05, 0.1) is 12.4 Å². The Kier molecular flexibility index (Phi) is 2.84. The van der Waals surface area contributed by atoms with Crippen molar-refractivity contribution in [3.63, 3.8) is 0 Å². The van der Waals surface area contributed by atoms with Gasteiger partial charge in [-0.25, -0.2) is 9.97 Å². The van der Waals surface area contributed by atoms with Crippen LogP contribution in [0.1, 0.15) is 6.92 Å². The molecule has 0 aliphatic carbocycles. The number of piperazine rings is 1. The molecule has 0 saturated carbocycles. The molecule has 1 saturated heterocycles. The fourth-order valence-electron chi connectivity index (χ4n) is 1.61. The normalized spacial score (nSPS) is 22.4. The first kappa shape index (κ1) is 9.68. The van der Waals surface area contributed by atoms with Crippen LogP contribution in [0.2, 0.25) is 5.15 Å². The number of anilines is 1. The Labute approximate surface area is 88.3 Å². The van der Waals surface area contributed by atoms with Crippen molar-refractivity contribution in [1.29, 1.82) is 0 Å². The van der Waals surface area contributed by atoms with Crippen LogP contribution in [0, 0.1) is 0 Å². The van der Waals surface area contributed by atoms with Crippen LogP contribution in [-0.2, 0) is 0 Å². The van der Waals surface area contributed by atoms with E-state index in [1.54, 1.807) is 12.4 Å². The van der Waals surface area contributed by atoms with Crippen LogP contribution in [0.4, 0.5) is 5.82 Å². The maximum absolute atomic E-state index is 5.67. The SMILES string of the molecule is C[C@@H]1CN(c2cnc(Cl)cn2)CCN1. The van der Waals surface area contributed by atoms with Crippen molar-refractivity contribution in [1.82, 2.24) is 15.3 Å². The molecule has 0 aromatic carbocycles. The third-order valence-electron chi connectivity index (χ3n) is 2.30. The molecule has 0 amide bonds. The lowest BCUT2D eigenvalue weighted by atomic mass is 10.2. The Morgan fingerprint density at radius 2 is 2.36 bits per heavy atom. The average Bonchev–Trinajstić information content (AvgIpc) is 2.19. The molecule has 0 radical (unpaired) electrons. The molecule has 14 heavy (non-hydrogen) atoms. The standard InChI is InChI=1S/C9H13ClN4/c1-7-6-14(3-2-11-7)9-5-12-8(10)4-13-9/h4-5,7,11H,2-3,6H2,1H3/t7-/m1/s1. The van der Waals surface area contributed by atoms with Gasteiger partial charge in [-0.2, -0.15) is 0 Å². The molecule has 1 N–H and O–H groups in total. The van der Waals surface area contributed by atoms with E-state index in [1.165, 1.54) is 0 Å². The van der Waals surface area contributed by atoms with Crippen LogP contribution in [0.3, 0.4) is 0 Å². The van der Waals surface area contributed by atoms with Gasteiger partial charge in [0.15, 0.2) is 0 Å². The summed E-state index contributed by atoms with van der Waals surface area (Å²) in [5.74, 6) is 0.905. The first-order valence-electron chi connectivity index (χ1n) is 4.71. The summed E-state index contributed by atoms with van der Waals surface area (Å²) in [5, 5.41) is 3.82. The van der Waals surface area contributed by atoms with E-state index in [0.29, 0.717) is 11.2 Å². The highest BCUT2D eigenvalue weighted by atomic mass is 35.5. The van der Waals surface area contributed by atoms with Crippen molar-refractivity contribution >= 4 is 17.4 Å². The number of nitrogens with one attached hydrogen (secondary N) is 1. The minimum Gasteiger partial charge on any atom is -0.353 e. The largest absolute Gasteiger partial charge is 0.353 e. The zero-order valence-electron chi connectivity index (χ0n) is 8.07. The number of hydrogen-bond acceptors (Lipinski definition) is 4. The molecule has 1 aliphatic heterocycles. The number of nitrogens with zero attached hydrogens (tertiary/aromatic N) is 3. The lowest BCUT2D eigenvalue weighted by molar-refractivity contribution is 0.482. The Hall–Kier alpha value is -0.870. The highest BCUT2D eigenvalue weighted by Crippen LogP contribution is 2.12. The number of rotatable bonds is 1. The predicted molar refractivity (Wildman–Crippen MR) is 56.7 cm³/mol. The van der Waals surface area contributed by atoms with E-state index in [1.807, 2.05) is 0 Å². The minimum atomic E-state index is 0.442. The van der Waals surface area contributed by atoms with E-state index >= 15 is 0 Å². The first-order chi connectivity index (χ1) is 6.75. The van der Waals surface area contributed by atoms with E-state index < -0.39 is 0 Å². The van der Waals surface area contributed by atoms with Gasteiger partial charge in [0.2, 0.25) is 0 Å². The summed E-state index contributed by atoms with van der Waals surface area (Å²) in [5.41, 5.74) is 0. The molecule has 0 spiro atoms. The third kappa shape index (κ3) is 2.13. The van der Waals surface area contributed by atoms with Gasteiger partial charge in [-0.3, -0.25) is 0 Å². The zero-order valence-corrected chi connectivity index (χ0v) is 8.83. The van der Waals surface area contributed by atoms with Gasteiger partial charge in [-0.1, -0.05) is 11.6 Å². The van der Waals surface area contributed by atoms with Gasteiger partial charge in [0, 0.05) is 25.7 Å². The van der Waals surface area contributed by atoms with Gasteiger partial charge < -0.3 is 10.2 Å². The quantitative estimate of drug-likeness (QED) is 0.752. The Balaban J connectivity index is 2.10. The molecule has 76 valence electrons. The smallest absolute Gasteiger partial charge is 0.147 e. The summed E-state index contributed by atoms with van der Waals surface area (Å²) in [6.07, 6.45) is 3.31. The monoisotopic (exact) mass is 212 g/mol. The van der Waals surface area contributed by atoms with Crippen molar-refractivity contribution in [3.8, 4) is 0 Å². The van der Waals surface area contributed by atoms with Gasteiger partial charge >= 0.3 is 0 Å². The molecule has 1 atom stereocenters. The molecular formula is C9H13ClN4. The minimum absolute atomic E-state index is 0.442. The molecule has 2 heterocycles. The fraction of sp³-hybridized carbons (Fsp3) is 0.556. The third-order valence-corrected chi connectivity index (χ3v) is 2.49. The summed E-state index contributed by atoms with van der Waals surface area (Å²) in [4.78, 5) is 10.5. The lowest BCUT2D eigenvalue weighted by Crippen LogP contribution is -2.49. The van der Waals surface area contributed by atoms with E-state index in [-0.39, 0.29) is 0 Å². The van der Waals surface area contributed by atoms with E-state index in [0.717, 1.165) is 25.5 Å². The van der Waals surface area contributed by atoms with Crippen LogP contribution < -0.4 is 10.2 Å². The molecule has 2 rings (SSSR count). The van der Waals surface area contributed by atoms with Gasteiger partial charge in [-0.05, 0) is 6.92 Å². The molecule has 1 aromatic rings. The van der Waals surface area contributed by atoms with Crippen molar-refractivity contribution < 1.29 is 0 Å². The van der Waals surface area contributed by atoms with Gasteiger partial charge in [0.25, 0.3) is 0 Å². The molecule has 1 aromatic heterocycles. The molecule has 4 nitrogen and oxygen atoms in total. The average molecular weight is 213 g/mol. The summed E-state index contributed by atoms with van der Waals surface area (Å²) in [6, 6.07) is 0.501. The van der Waals surface area contributed by atoms with Crippen LogP contribution in [0.25, 0.3) is 0 Å². The Morgan fingerprint density at radius 1 is 1.50 bits per heavy atom. The molecular weight excluding hydrogens is 200 g/mol. The van der Waals surface area contributed by atoms with Gasteiger partial charge in [0.1, 0.15) is 11.0 Å². The number of aromatic nitrogens is 2.